The Hall–Kier alpha value is -3.66. The number of rotatable bonds is 6. The van der Waals surface area contributed by atoms with Crippen LogP contribution in [0.25, 0.3) is 5.69 Å². The fourth-order valence-corrected chi connectivity index (χ4v) is 3.44. The largest absolute Gasteiger partial charge is 0.376 e. The van der Waals surface area contributed by atoms with Gasteiger partial charge in [0.05, 0.1) is 12.6 Å². The molecule has 0 spiro atoms. The summed E-state index contributed by atoms with van der Waals surface area (Å²) in [6, 6.07) is 10.6. The number of para-hydroxylation sites is 1. The molecule has 2 aromatic carbocycles. The van der Waals surface area contributed by atoms with Crippen LogP contribution in [0.1, 0.15) is 28.9 Å². The highest BCUT2D eigenvalue weighted by Gasteiger charge is 2.23. The summed E-state index contributed by atoms with van der Waals surface area (Å²) >= 11 is 0. The molecule has 32 heavy (non-hydrogen) atoms. The van der Waals surface area contributed by atoms with E-state index < -0.39 is 34.5 Å². The number of hydrogen-bond donors (Lipinski definition) is 1. The van der Waals surface area contributed by atoms with Gasteiger partial charge in [0.1, 0.15) is 17.3 Å². The highest BCUT2D eigenvalue weighted by Crippen LogP contribution is 2.11. The molecule has 10 heteroatoms. The van der Waals surface area contributed by atoms with E-state index in [0.29, 0.717) is 16.9 Å². The van der Waals surface area contributed by atoms with Crippen molar-refractivity contribution in [2.75, 3.05) is 13.2 Å². The van der Waals surface area contributed by atoms with Gasteiger partial charge in [-0.3, -0.25) is 14.2 Å². The molecule has 8 nitrogen and oxygen atoms in total. The SMILES string of the molecule is O=C(NC[C@@H]1CCCO1)c1nn(-c2ccccc2F)c(=O)n(Cc2ccc(F)cc2)c1=O. The van der Waals surface area contributed by atoms with E-state index in [2.05, 4.69) is 10.4 Å². The predicted octanol–water partition coefficient (Wildman–Crippen LogP) is 1.63. The van der Waals surface area contributed by atoms with Crippen LogP contribution in [0, 0.1) is 11.6 Å². The molecule has 1 aliphatic rings. The second-order valence-electron chi connectivity index (χ2n) is 7.36. The third-order valence-electron chi connectivity index (χ3n) is 5.12. The lowest BCUT2D eigenvalue weighted by atomic mass is 10.2. The summed E-state index contributed by atoms with van der Waals surface area (Å²) in [5, 5.41) is 6.48. The Morgan fingerprint density at radius 1 is 1.12 bits per heavy atom. The predicted molar refractivity (Wildman–Crippen MR) is 111 cm³/mol. The quantitative estimate of drug-likeness (QED) is 0.626. The molecule has 0 radical (unpaired) electrons. The number of nitrogens with zero attached hydrogens (tertiary/aromatic N) is 3. The van der Waals surface area contributed by atoms with Gasteiger partial charge in [0.15, 0.2) is 0 Å². The first-order chi connectivity index (χ1) is 15.4. The lowest BCUT2D eigenvalue weighted by Gasteiger charge is -2.14. The van der Waals surface area contributed by atoms with Gasteiger partial charge in [0.2, 0.25) is 5.69 Å². The Morgan fingerprint density at radius 2 is 1.88 bits per heavy atom. The number of carbonyl (C=O) groups is 1. The number of hydrogen-bond acceptors (Lipinski definition) is 5. The van der Waals surface area contributed by atoms with E-state index in [0.717, 1.165) is 23.5 Å². The maximum atomic E-state index is 14.4. The first-order valence-corrected chi connectivity index (χ1v) is 10.1. The molecule has 3 aromatic rings. The molecule has 1 aromatic heterocycles. The van der Waals surface area contributed by atoms with Crippen LogP contribution in [-0.2, 0) is 11.3 Å². The van der Waals surface area contributed by atoms with Crippen molar-refractivity contribution in [3.63, 3.8) is 0 Å². The van der Waals surface area contributed by atoms with Gasteiger partial charge in [-0.15, -0.1) is 0 Å². The number of halogens is 2. The molecule has 0 aliphatic carbocycles. The molecule has 1 amide bonds. The molecule has 1 saturated heterocycles. The van der Waals surface area contributed by atoms with Crippen molar-refractivity contribution in [3.05, 3.63) is 92.3 Å². The van der Waals surface area contributed by atoms with Crippen molar-refractivity contribution in [3.8, 4) is 5.69 Å². The van der Waals surface area contributed by atoms with Gasteiger partial charge in [-0.1, -0.05) is 24.3 Å². The van der Waals surface area contributed by atoms with E-state index in [1.165, 1.54) is 42.5 Å². The topological polar surface area (TPSA) is 95.2 Å². The molecule has 0 unspecified atom stereocenters. The van der Waals surface area contributed by atoms with Crippen LogP contribution in [0.3, 0.4) is 0 Å². The van der Waals surface area contributed by atoms with E-state index in [9.17, 15) is 23.2 Å². The smallest absolute Gasteiger partial charge is 0.352 e. The number of ether oxygens (including phenoxy) is 1. The lowest BCUT2D eigenvalue weighted by Crippen LogP contribution is -2.46. The molecular formula is C22H20F2N4O4. The third kappa shape index (κ3) is 4.50. The zero-order valence-corrected chi connectivity index (χ0v) is 17.0. The average molecular weight is 442 g/mol. The molecule has 2 heterocycles. The Morgan fingerprint density at radius 3 is 2.56 bits per heavy atom. The minimum atomic E-state index is -0.934. The molecular weight excluding hydrogens is 422 g/mol. The van der Waals surface area contributed by atoms with Crippen molar-refractivity contribution in [2.45, 2.75) is 25.5 Å². The van der Waals surface area contributed by atoms with Gasteiger partial charge in [-0.05, 0) is 42.7 Å². The molecule has 4 rings (SSSR count). The fraction of sp³-hybridized carbons (Fsp3) is 0.273. The highest BCUT2D eigenvalue weighted by molar-refractivity contribution is 5.91. The maximum Gasteiger partial charge on any atom is 0.352 e. The summed E-state index contributed by atoms with van der Waals surface area (Å²) in [6.07, 6.45) is 1.48. The molecule has 0 saturated carbocycles. The van der Waals surface area contributed by atoms with Crippen molar-refractivity contribution < 1.29 is 18.3 Å². The van der Waals surface area contributed by atoms with E-state index >= 15 is 0 Å². The summed E-state index contributed by atoms with van der Waals surface area (Å²) in [4.78, 5) is 38.8. The van der Waals surface area contributed by atoms with Crippen molar-refractivity contribution in [2.24, 2.45) is 0 Å². The number of amides is 1. The molecule has 1 N–H and O–H groups in total. The van der Waals surface area contributed by atoms with Gasteiger partial charge in [0, 0.05) is 13.2 Å². The minimum Gasteiger partial charge on any atom is -0.376 e. The fourth-order valence-electron chi connectivity index (χ4n) is 3.44. The number of nitrogens with one attached hydrogen (secondary N) is 1. The van der Waals surface area contributed by atoms with Gasteiger partial charge in [-0.2, -0.15) is 9.78 Å². The van der Waals surface area contributed by atoms with E-state index in [4.69, 9.17) is 4.74 Å². The molecule has 1 aliphatic heterocycles. The maximum absolute atomic E-state index is 14.4. The van der Waals surface area contributed by atoms with Crippen LogP contribution in [0.5, 0.6) is 0 Å². The van der Waals surface area contributed by atoms with Crippen molar-refractivity contribution >= 4 is 5.91 Å². The molecule has 166 valence electrons. The zero-order chi connectivity index (χ0) is 22.7. The van der Waals surface area contributed by atoms with Crippen LogP contribution in [0.4, 0.5) is 8.78 Å². The minimum absolute atomic E-state index is 0.169. The normalized spacial score (nSPS) is 15.6. The van der Waals surface area contributed by atoms with Crippen LogP contribution in [0.15, 0.2) is 58.1 Å². The monoisotopic (exact) mass is 442 g/mol. The van der Waals surface area contributed by atoms with Gasteiger partial charge in [0.25, 0.3) is 11.5 Å². The molecule has 1 fully saturated rings. The molecule has 0 bridgehead atoms. The van der Waals surface area contributed by atoms with Crippen LogP contribution in [-0.4, -0.2) is 39.5 Å². The Bertz CT molecular complexity index is 1250. The lowest BCUT2D eigenvalue weighted by molar-refractivity contribution is 0.0849. The van der Waals surface area contributed by atoms with E-state index in [-0.39, 0.29) is 24.9 Å². The summed E-state index contributed by atoms with van der Waals surface area (Å²) in [6.45, 7) is 0.527. The Kier molecular flexibility index (Phi) is 6.22. The summed E-state index contributed by atoms with van der Waals surface area (Å²) < 4.78 is 34.6. The van der Waals surface area contributed by atoms with E-state index in [1.54, 1.807) is 0 Å². The Balaban J connectivity index is 1.77. The Labute approximate surface area is 181 Å². The van der Waals surface area contributed by atoms with Crippen LogP contribution in [0.2, 0.25) is 0 Å². The number of carbonyl (C=O) groups excluding carboxylic acids is 1. The zero-order valence-electron chi connectivity index (χ0n) is 17.0. The average Bonchev–Trinajstić information content (AvgIpc) is 3.31. The summed E-state index contributed by atoms with van der Waals surface area (Å²) in [7, 11) is 0. The first-order valence-electron chi connectivity index (χ1n) is 10.1. The van der Waals surface area contributed by atoms with Crippen molar-refractivity contribution in [1.82, 2.24) is 19.7 Å². The van der Waals surface area contributed by atoms with Gasteiger partial charge >= 0.3 is 5.69 Å². The molecule has 1 atom stereocenters. The van der Waals surface area contributed by atoms with Crippen LogP contribution >= 0.6 is 0 Å². The third-order valence-corrected chi connectivity index (χ3v) is 5.12. The summed E-state index contributed by atoms with van der Waals surface area (Å²) in [5.74, 6) is -2.03. The standard InChI is InChI=1S/C22H20F2N4O4/c23-15-9-7-14(8-10-15)13-27-21(30)19(20(29)25-12-16-4-3-11-32-16)26-28(22(27)31)18-6-2-1-5-17(18)24/h1-2,5-10,16H,3-4,11-13H2,(H,25,29)/t16-/m0/s1. The number of benzene rings is 2. The summed E-state index contributed by atoms with van der Waals surface area (Å²) in [5.41, 5.74) is -2.19. The van der Waals surface area contributed by atoms with Crippen molar-refractivity contribution in [1.29, 1.82) is 0 Å². The highest BCUT2D eigenvalue weighted by atomic mass is 19.1. The van der Waals surface area contributed by atoms with Gasteiger partial charge < -0.3 is 10.1 Å². The number of aromatic nitrogens is 3. The van der Waals surface area contributed by atoms with E-state index in [1.807, 2.05) is 0 Å². The van der Waals surface area contributed by atoms with Gasteiger partial charge in [-0.25, -0.2) is 13.6 Å². The second kappa shape index (κ2) is 9.23. The first kappa shape index (κ1) is 21.6. The van der Waals surface area contributed by atoms with Crippen LogP contribution < -0.4 is 16.6 Å². The second-order valence-corrected chi connectivity index (χ2v) is 7.36.